The molecule has 1 fully saturated rings. The SMILES string of the molecule is COC(=O)[C@@]1(OCc2ccccc2)C[C@H](OC(C)=O)[C@@H](NC(=O)COC(C)=O)[C@H]([C@H](OC(C)=O)[C@@H](CN=[N+]=[N-])OC(C)=O)O1. The molecule has 1 saturated heterocycles. The van der Waals surface area contributed by atoms with Crippen LogP contribution in [0.2, 0.25) is 0 Å². The number of nitrogens with one attached hydrogen (secondary N) is 1. The summed E-state index contributed by atoms with van der Waals surface area (Å²) in [6, 6.07) is 7.15. The van der Waals surface area contributed by atoms with Crippen LogP contribution in [-0.2, 0) is 68.5 Å². The maximum Gasteiger partial charge on any atom is 0.366 e. The Hall–Kier alpha value is -4.73. The van der Waals surface area contributed by atoms with Crippen molar-refractivity contribution in [3.8, 4) is 0 Å². The predicted molar refractivity (Wildman–Crippen MR) is 145 cm³/mol. The minimum Gasteiger partial charge on any atom is -0.465 e. The quantitative estimate of drug-likeness (QED) is 0.101. The van der Waals surface area contributed by atoms with Crippen molar-refractivity contribution in [1.29, 1.82) is 0 Å². The van der Waals surface area contributed by atoms with Gasteiger partial charge in [0.1, 0.15) is 18.3 Å². The maximum absolute atomic E-state index is 13.3. The lowest BCUT2D eigenvalue weighted by atomic mass is 9.87. The van der Waals surface area contributed by atoms with E-state index in [1.807, 2.05) is 0 Å². The number of nitrogens with zero attached hydrogens (tertiary/aromatic N) is 3. The molecule has 0 bridgehead atoms. The first-order valence-corrected chi connectivity index (χ1v) is 13.2. The number of benzene rings is 1. The summed E-state index contributed by atoms with van der Waals surface area (Å²) in [5, 5.41) is 5.92. The first kappa shape index (κ1) is 35.5. The number of ether oxygens (including phenoxy) is 7. The maximum atomic E-state index is 13.3. The minimum atomic E-state index is -2.34. The molecule has 1 amide bonds. The molecule has 6 atom stereocenters. The fraction of sp³-hybridized carbons (Fsp3) is 0.556. The van der Waals surface area contributed by atoms with Crippen molar-refractivity contribution >= 4 is 35.8 Å². The molecule has 0 saturated carbocycles. The van der Waals surface area contributed by atoms with Crippen LogP contribution in [-0.4, -0.2) is 92.3 Å². The van der Waals surface area contributed by atoms with Gasteiger partial charge in [-0.3, -0.25) is 24.0 Å². The molecule has 44 heavy (non-hydrogen) atoms. The van der Waals surface area contributed by atoms with E-state index >= 15 is 0 Å². The van der Waals surface area contributed by atoms with Gasteiger partial charge in [0.25, 0.3) is 11.7 Å². The molecule has 17 heteroatoms. The van der Waals surface area contributed by atoms with E-state index in [0.717, 1.165) is 34.8 Å². The number of methoxy groups -OCH3 is 1. The highest BCUT2D eigenvalue weighted by Gasteiger charge is 2.59. The second-order valence-electron chi connectivity index (χ2n) is 9.46. The van der Waals surface area contributed by atoms with Crippen LogP contribution >= 0.6 is 0 Å². The van der Waals surface area contributed by atoms with Crippen LogP contribution in [0.4, 0.5) is 0 Å². The summed E-state index contributed by atoms with van der Waals surface area (Å²) >= 11 is 0. The zero-order chi connectivity index (χ0) is 32.9. The number of amides is 1. The van der Waals surface area contributed by atoms with Crippen molar-refractivity contribution in [2.75, 3.05) is 20.3 Å². The molecule has 1 aliphatic heterocycles. The lowest BCUT2D eigenvalue weighted by Crippen LogP contribution is -2.69. The van der Waals surface area contributed by atoms with Gasteiger partial charge >= 0.3 is 29.8 Å². The van der Waals surface area contributed by atoms with Crippen LogP contribution in [0.3, 0.4) is 0 Å². The Bertz CT molecular complexity index is 1250. The Morgan fingerprint density at radius 2 is 1.68 bits per heavy atom. The van der Waals surface area contributed by atoms with Crippen LogP contribution in [0.1, 0.15) is 39.7 Å². The highest BCUT2D eigenvalue weighted by Crippen LogP contribution is 2.37. The van der Waals surface area contributed by atoms with E-state index in [1.165, 1.54) is 0 Å². The van der Waals surface area contributed by atoms with Crippen molar-refractivity contribution in [3.05, 3.63) is 46.3 Å². The molecule has 1 aromatic rings. The lowest BCUT2D eigenvalue weighted by Gasteiger charge is -2.48. The van der Waals surface area contributed by atoms with Crippen molar-refractivity contribution in [2.24, 2.45) is 5.11 Å². The molecule has 17 nitrogen and oxygen atoms in total. The van der Waals surface area contributed by atoms with Gasteiger partial charge in [-0.25, -0.2) is 4.79 Å². The van der Waals surface area contributed by atoms with Gasteiger partial charge in [0.05, 0.1) is 32.7 Å². The van der Waals surface area contributed by atoms with Gasteiger partial charge < -0.3 is 38.5 Å². The molecule has 0 aliphatic carbocycles. The van der Waals surface area contributed by atoms with E-state index in [2.05, 4.69) is 15.3 Å². The van der Waals surface area contributed by atoms with Crippen LogP contribution in [0.5, 0.6) is 0 Å². The molecule has 2 rings (SSSR count). The van der Waals surface area contributed by atoms with E-state index in [1.54, 1.807) is 30.3 Å². The van der Waals surface area contributed by atoms with Crippen LogP contribution in [0.25, 0.3) is 10.4 Å². The number of rotatable bonds is 14. The summed E-state index contributed by atoms with van der Waals surface area (Å²) in [6.07, 6.45) is -6.92. The molecule has 1 N–H and O–H groups in total. The summed E-state index contributed by atoms with van der Waals surface area (Å²) < 4.78 is 38.2. The zero-order valence-corrected chi connectivity index (χ0v) is 24.8. The molecule has 0 spiro atoms. The molecular formula is C27H34N4O13. The highest BCUT2D eigenvalue weighted by atomic mass is 16.7. The monoisotopic (exact) mass is 622 g/mol. The summed E-state index contributed by atoms with van der Waals surface area (Å²) in [7, 11) is 1.05. The van der Waals surface area contributed by atoms with Gasteiger partial charge in [0, 0.05) is 32.6 Å². The van der Waals surface area contributed by atoms with Gasteiger partial charge in [0.2, 0.25) is 0 Å². The third-order valence-electron chi connectivity index (χ3n) is 6.05. The zero-order valence-electron chi connectivity index (χ0n) is 24.8. The molecular weight excluding hydrogens is 588 g/mol. The molecule has 240 valence electrons. The number of azide groups is 1. The summed E-state index contributed by atoms with van der Waals surface area (Å²) in [4.78, 5) is 76.7. The van der Waals surface area contributed by atoms with Crippen LogP contribution in [0.15, 0.2) is 35.4 Å². The number of hydrogen-bond acceptors (Lipinski definition) is 14. The molecule has 0 radical (unpaired) electrons. The minimum absolute atomic E-state index is 0.219. The van der Waals surface area contributed by atoms with E-state index in [9.17, 15) is 28.8 Å². The van der Waals surface area contributed by atoms with E-state index in [0.29, 0.717) is 5.56 Å². The number of carbonyl (C=O) groups excluding carboxylic acids is 6. The van der Waals surface area contributed by atoms with Crippen LogP contribution < -0.4 is 5.32 Å². The van der Waals surface area contributed by atoms with Crippen molar-refractivity contribution in [1.82, 2.24) is 5.32 Å². The summed E-state index contributed by atoms with van der Waals surface area (Å²) in [6.45, 7) is 2.64. The Kier molecular flexibility index (Phi) is 13.5. The van der Waals surface area contributed by atoms with Crippen molar-refractivity contribution in [2.45, 2.75) is 77.0 Å². The first-order chi connectivity index (χ1) is 20.8. The normalized spacial score (nSPS) is 22.2. The van der Waals surface area contributed by atoms with E-state index in [4.69, 9.17) is 38.7 Å². The molecule has 1 aliphatic rings. The Balaban J connectivity index is 2.74. The predicted octanol–water partition coefficient (Wildman–Crippen LogP) is 1.01. The summed E-state index contributed by atoms with van der Waals surface area (Å²) in [5.74, 6) is -7.73. The van der Waals surface area contributed by atoms with Gasteiger partial charge in [-0.15, -0.1) is 0 Å². The van der Waals surface area contributed by atoms with Gasteiger partial charge in [-0.1, -0.05) is 35.4 Å². The Morgan fingerprint density at radius 1 is 1.02 bits per heavy atom. The van der Waals surface area contributed by atoms with Gasteiger partial charge in [-0.05, 0) is 11.1 Å². The van der Waals surface area contributed by atoms with Crippen molar-refractivity contribution in [3.63, 3.8) is 0 Å². The molecule has 1 aromatic carbocycles. The second kappa shape index (κ2) is 16.8. The fourth-order valence-electron chi connectivity index (χ4n) is 4.41. The first-order valence-electron chi connectivity index (χ1n) is 13.2. The van der Waals surface area contributed by atoms with Gasteiger partial charge in [0.15, 0.2) is 12.7 Å². The average Bonchev–Trinajstić information content (AvgIpc) is 2.96. The average molecular weight is 623 g/mol. The smallest absolute Gasteiger partial charge is 0.366 e. The summed E-state index contributed by atoms with van der Waals surface area (Å²) in [5.41, 5.74) is 9.55. The topological polar surface area (TPSA) is 228 Å². The largest absolute Gasteiger partial charge is 0.465 e. The van der Waals surface area contributed by atoms with E-state index < -0.39 is 91.6 Å². The van der Waals surface area contributed by atoms with Crippen molar-refractivity contribution < 1.29 is 61.9 Å². The number of carbonyl (C=O) groups is 6. The number of esters is 5. The number of hydrogen-bond donors (Lipinski definition) is 1. The molecule has 0 aromatic heterocycles. The second-order valence-corrected chi connectivity index (χ2v) is 9.46. The van der Waals surface area contributed by atoms with E-state index in [-0.39, 0.29) is 6.61 Å². The molecule has 0 unspecified atom stereocenters. The third-order valence-corrected chi connectivity index (χ3v) is 6.05. The molecule has 1 heterocycles. The van der Waals surface area contributed by atoms with Crippen LogP contribution in [0, 0.1) is 0 Å². The third kappa shape index (κ3) is 10.5. The lowest BCUT2D eigenvalue weighted by molar-refractivity contribution is -0.316. The Labute approximate surface area is 252 Å². The Morgan fingerprint density at radius 3 is 2.23 bits per heavy atom. The fourth-order valence-corrected chi connectivity index (χ4v) is 4.41. The highest BCUT2D eigenvalue weighted by molar-refractivity contribution is 5.81. The van der Waals surface area contributed by atoms with Gasteiger partial charge in [-0.2, -0.15) is 0 Å². The standard InChI is InChI=1S/C27H34N4O13/c1-15(32)39-14-22(36)30-23-20(41-16(2)33)11-27(26(37)38-5,40-13-19-9-7-6-8-10-19)44-25(23)24(43-18(4)35)21(12-29-31-28)42-17(3)34/h6-10,20-21,23-25H,11-14H2,1-5H3,(H,30,36)/t20-,21+,23+,24+,25+,27+/m0/s1.